The third kappa shape index (κ3) is 8.86. The molecule has 1 atom stereocenters. The van der Waals surface area contributed by atoms with E-state index >= 15 is 0 Å². The molecule has 2 rings (SSSR count). The number of likely N-dealkylation sites (tertiary alicyclic amines) is 1. The van der Waals surface area contributed by atoms with Crippen molar-refractivity contribution in [2.75, 3.05) is 52.9 Å². The van der Waals surface area contributed by atoms with Gasteiger partial charge in [-0.1, -0.05) is 43.7 Å². The third-order valence-corrected chi connectivity index (χ3v) is 5.34. The first kappa shape index (κ1) is 23.2. The SMILES string of the molecule is CCCCN(C)CCNC(=NCC1CC(=O)N(CCc2ccccc2)C1)NCC. The van der Waals surface area contributed by atoms with Crippen molar-refractivity contribution in [2.24, 2.45) is 10.9 Å². The van der Waals surface area contributed by atoms with Crippen molar-refractivity contribution in [1.82, 2.24) is 20.4 Å². The van der Waals surface area contributed by atoms with Crippen LogP contribution in [0.3, 0.4) is 0 Å². The molecular formula is C23H39N5O. The second kappa shape index (κ2) is 13.2. The minimum Gasteiger partial charge on any atom is -0.357 e. The number of nitrogens with one attached hydrogen (secondary N) is 2. The van der Waals surface area contributed by atoms with Gasteiger partial charge in [-0.3, -0.25) is 9.79 Å². The van der Waals surface area contributed by atoms with E-state index in [1.165, 1.54) is 18.4 Å². The van der Waals surface area contributed by atoms with Crippen LogP contribution in [0.2, 0.25) is 0 Å². The zero-order chi connectivity index (χ0) is 20.9. The van der Waals surface area contributed by atoms with Crippen LogP contribution in [0.1, 0.15) is 38.7 Å². The molecule has 1 heterocycles. The number of amides is 1. The van der Waals surface area contributed by atoms with E-state index in [9.17, 15) is 4.79 Å². The van der Waals surface area contributed by atoms with Crippen molar-refractivity contribution in [3.05, 3.63) is 35.9 Å². The van der Waals surface area contributed by atoms with Gasteiger partial charge in [-0.2, -0.15) is 0 Å². The number of benzene rings is 1. The van der Waals surface area contributed by atoms with Gasteiger partial charge in [0.25, 0.3) is 0 Å². The molecule has 0 saturated carbocycles. The molecule has 1 saturated heterocycles. The fraction of sp³-hybridized carbons (Fsp3) is 0.652. The highest BCUT2D eigenvalue weighted by molar-refractivity contribution is 5.80. The van der Waals surface area contributed by atoms with Gasteiger partial charge in [-0.05, 0) is 38.9 Å². The second-order valence-corrected chi connectivity index (χ2v) is 7.95. The zero-order valence-electron chi connectivity index (χ0n) is 18.5. The van der Waals surface area contributed by atoms with Crippen molar-refractivity contribution in [1.29, 1.82) is 0 Å². The number of hydrogen-bond donors (Lipinski definition) is 2. The van der Waals surface area contributed by atoms with Crippen LogP contribution >= 0.6 is 0 Å². The predicted octanol–water partition coefficient (Wildman–Crippen LogP) is 2.36. The Morgan fingerprint density at radius 1 is 1.21 bits per heavy atom. The number of unbranched alkanes of at least 4 members (excludes halogenated alkanes) is 1. The van der Waals surface area contributed by atoms with Crippen LogP contribution in [0.5, 0.6) is 0 Å². The Hall–Kier alpha value is -2.08. The summed E-state index contributed by atoms with van der Waals surface area (Å²) in [6, 6.07) is 10.4. The van der Waals surface area contributed by atoms with E-state index in [4.69, 9.17) is 4.99 Å². The quantitative estimate of drug-likeness (QED) is 0.417. The standard InChI is InChI=1S/C23H39N5O/c1-4-6-14-27(3)16-13-25-23(24-5-2)26-18-21-17-22(29)28(19-21)15-12-20-10-8-7-9-11-20/h7-11,21H,4-6,12-19H2,1-3H3,(H2,24,25,26). The van der Waals surface area contributed by atoms with Gasteiger partial charge in [0.05, 0.1) is 0 Å². The first-order chi connectivity index (χ1) is 14.1. The molecule has 1 aliphatic heterocycles. The van der Waals surface area contributed by atoms with Gasteiger partial charge in [0.1, 0.15) is 0 Å². The van der Waals surface area contributed by atoms with Gasteiger partial charge >= 0.3 is 0 Å². The van der Waals surface area contributed by atoms with Crippen LogP contribution < -0.4 is 10.6 Å². The van der Waals surface area contributed by atoms with Gasteiger partial charge < -0.3 is 20.4 Å². The summed E-state index contributed by atoms with van der Waals surface area (Å²) >= 11 is 0. The molecule has 6 heteroatoms. The van der Waals surface area contributed by atoms with Gasteiger partial charge in [-0.25, -0.2) is 0 Å². The van der Waals surface area contributed by atoms with Crippen molar-refractivity contribution >= 4 is 11.9 Å². The highest BCUT2D eigenvalue weighted by Crippen LogP contribution is 2.18. The predicted molar refractivity (Wildman–Crippen MR) is 121 cm³/mol. The van der Waals surface area contributed by atoms with E-state index in [-0.39, 0.29) is 5.91 Å². The summed E-state index contributed by atoms with van der Waals surface area (Å²) in [5.41, 5.74) is 1.28. The maximum absolute atomic E-state index is 12.4. The summed E-state index contributed by atoms with van der Waals surface area (Å²) in [6.07, 6.45) is 3.99. The monoisotopic (exact) mass is 401 g/mol. The van der Waals surface area contributed by atoms with E-state index in [2.05, 4.69) is 60.7 Å². The van der Waals surface area contributed by atoms with E-state index in [1.807, 2.05) is 11.0 Å². The molecule has 0 spiro atoms. The lowest BCUT2D eigenvalue weighted by Crippen LogP contribution is -2.41. The molecule has 0 radical (unpaired) electrons. The lowest BCUT2D eigenvalue weighted by atomic mass is 10.1. The summed E-state index contributed by atoms with van der Waals surface area (Å²) in [5.74, 6) is 1.42. The van der Waals surface area contributed by atoms with E-state index in [0.717, 1.165) is 51.6 Å². The number of aliphatic imine (C=N–C) groups is 1. The fourth-order valence-electron chi connectivity index (χ4n) is 3.57. The Labute approximate surface area is 176 Å². The number of hydrogen-bond acceptors (Lipinski definition) is 3. The van der Waals surface area contributed by atoms with Crippen molar-refractivity contribution in [2.45, 2.75) is 39.5 Å². The van der Waals surface area contributed by atoms with Crippen molar-refractivity contribution < 1.29 is 4.79 Å². The number of carbonyl (C=O) groups is 1. The summed E-state index contributed by atoms with van der Waals surface area (Å²) < 4.78 is 0. The Morgan fingerprint density at radius 2 is 2.00 bits per heavy atom. The van der Waals surface area contributed by atoms with Crippen LogP contribution in [0, 0.1) is 5.92 Å². The molecule has 1 unspecified atom stereocenters. The smallest absolute Gasteiger partial charge is 0.223 e. The molecule has 0 aliphatic carbocycles. The lowest BCUT2D eigenvalue weighted by Gasteiger charge is -2.18. The molecule has 162 valence electrons. The lowest BCUT2D eigenvalue weighted by molar-refractivity contribution is -0.127. The first-order valence-electron chi connectivity index (χ1n) is 11.1. The maximum Gasteiger partial charge on any atom is 0.223 e. The van der Waals surface area contributed by atoms with Crippen LogP contribution in [0.15, 0.2) is 35.3 Å². The minimum absolute atomic E-state index is 0.261. The fourth-order valence-corrected chi connectivity index (χ4v) is 3.57. The van der Waals surface area contributed by atoms with Crippen LogP contribution in [0.25, 0.3) is 0 Å². The maximum atomic E-state index is 12.4. The molecule has 1 aromatic carbocycles. The second-order valence-electron chi connectivity index (χ2n) is 7.95. The Kier molecular flexibility index (Phi) is 10.6. The number of carbonyl (C=O) groups excluding carboxylic acids is 1. The van der Waals surface area contributed by atoms with Crippen molar-refractivity contribution in [3.63, 3.8) is 0 Å². The van der Waals surface area contributed by atoms with E-state index in [0.29, 0.717) is 18.9 Å². The van der Waals surface area contributed by atoms with Gasteiger partial charge in [0, 0.05) is 51.6 Å². The van der Waals surface area contributed by atoms with Crippen LogP contribution in [-0.2, 0) is 11.2 Å². The van der Waals surface area contributed by atoms with Crippen LogP contribution in [0.4, 0.5) is 0 Å². The summed E-state index contributed by atoms with van der Waals surface area (Å²) in [4.78, 5) is 21.4. The summed E-state index contributed by atoms with van der Waals surface area (Å²) in [6.45, 7) is 10.4. The molecule has 1 amide bonds. The highest BCUT2D eigenvalue weighted by Gasteiger charge is 2.28. The highest BCUT2D eigenvalue weighted by atomic mass is 16.2. The Bertz CT molecular complexity index is 619. The average molecular weight is 402 g/mol. The Balaban J connectivity index is 1.74. The molecule has 0 bridgehead atoms. The average Bonchev–Trinajstić information content (AvgIpc) is 3.09. The zero-order valence-corrected chi connectivity index (χ0v) is 18.5. The van der Waals surface area contributed by atoms with Crippen LogP contribution in [-0.4, -0.2) is 74.5 Å². The molecule has 2 N–H and O–H groups in total. The first-order valence-corrected chi connectivity index (χ1v) is 11.1. The third-order valence-electron chi connectivity index (χ3n) is 5.34. The van der Waals surface area contributed by atoms with Gasteiger partial charge in [-0.15, -0.1) is 0 Å². The topological polar surface area (TPSA) is 60.0 Å². The van der Waals surface area contributed by atoms with E-state index in [1.54, 1.807) is 0 Å². The molecule has 29 heavy (non-hydrogen) atoms. The number of nitrogens with zero attached hydrogens (tertiary/aromatic N) is 3. The van der Waals surface area contributed by atoms with E-state index < -0.39 is 0 Å². The molecule has 1 aliphatic rings. The summed E-state index contributed by atoms with van der Waals surface area (Å²) in [5, 5.41) is 6.73. The number of rotatable bonds is 12. The number of likely N-dealkylation sites (N-methyl/N-ethyl adjacent to an activating group) is 1. The largest absolute Gasteiger partial charge is 0.357 e. The molecular weight excluding hydrogens is 362 g/mol. The normalized spacial score (nSPS) is 17.2. The number of guanidine groups is 1. The van der Waals surface area contributed by atoms with Gasteiger partial charge in [0.2, 0.25) is 5.91 Å². The summed E-state index contributed by atoms with van der Waals surface area (Å²) in [7, 11) is 2.16. The minimum atomic E-state index is 0.261. The molecule has 6 nitrogen and oxygen atoms in total. The Morgan fingerprint density at radius 3 is 2.72 bits per heavy atom. The van der Waals surface area contributed by atoms with Crippen molar-refractivity contribution in [3.8, 4) is 0 Å². The molecule has 1 aromatic rings. The molecule has 0 aromatic heterocycles. The molecule has 1 fully saturated rings. The van der Waals surface area contributed by atoms with Gasteiger partial charge in [0.15, 0.2) is 5.96 Å².